The molecule has 2 fully saturated rings. The normalized spacial score (nSPS) is 19.2. The molecule has 6 nitrogen and oxygen atoms in total. The van der Waals surface area contributed by atoms with Gasteiger partial charge in [-0.1, -0.05) is 13.0 Å². The van der Waals surface area contributed by atoms with Crippen molar-refractivity contribution in [2.75, 3.05) is 36.4 Å². The van der Waals surface area contributed by atoms with Gasteiger partial charge in [-0.15, -0.1) is 0 Å². The molecule has 0 saturated carbocycles. The van der Waals surface area contributed by atoms with Crippen LogP contribution >= 0.6 is 0 Å². The molecule has 0 aromatic heterocycles. The van der Waals surface area contributed by atoms with Crippen molar-refractivity contribution in [3.8, 4) is 0 Å². The predicted octanol–water partition coefficient (Wildman–Crippen LogP) is 2.98. The Morgan fingerprint density at radius 2 is 1.62 bits per heavy atom. The molecule has 0 radical (unpaired) electrons. The third-order valence-corrected chi connectivity index (χ3v) is 6.96. The summed E-state index contributed by atoms with van der Waals surface area (Å²) in [5, 5.41) is 2.79. The molecular formula is C19H27N3O3S. The summed E-state index contributed by atoms with van der Waals surface area (Å²) >= 11 is 0. The second-order valence-electron chi connectivity index (χ2n) is 6.88. The van der Waals surface area contributed by atoms with Crippen LogP contribution in [-0.4, -0.2) is 44.8 Å². The van der Waals surface area contributed by atoms with Gasteiger partial charge in [-0.2, -0.15) is 4.31 Å². The molecule has 2 saturated heterocycles. The maximum Gasteiger partial charge on any atom is 0.247 e. The van der Waals surface area contributed by atoms with Crippen LogP contribution in [0.3, 0.4) is 0 Å². The fourth-order valence-electron chi connectivity index (χ4n) is 3.62. The fraction of sp³-hybridized carbons (Fsp3) is 0.526. The summed E-state index contributed by atoms with van der Waals surface area (Å²) in [6.45, 7) is 6.44. The Kier molecular flexibility index (Phi) is 5.98. The second-order valence-corrected chi connectivity index (χ2v) is 8.82. The summed E-state index contributed by atoms with van der Waals surface area (Å²) in [5.74, 6) is -0.337. The van der Waals surface area contributed by atoms with E-state index in [0.717, 1.165) is 50.9 Å². The SMILES string of the molecule is C=CC(=O)Nc1cc(S(=O)(=O)N2CCCCC2)ccc1N1CCCCC1. The van der Waals surface area contributed by atoms with E-state index >= 15 is 0 Å². The molecule has 2 heterocycles. The smallest absolute Gasteiger partial charge is 0.247 e. The third kappa shape index (κ3) is 4.10. The summed E-state index contributed by atoms with van der Waals surface area (Å²) < 4.78 is 27.5. The highest BCUT2D eigenvalue weighted by Gasteiger charge is 2.27. The Labute approximate surface area is 155 Å². The number of nitrogens with zero attached hydrogens (tertiary/aromatic N) is 2. The summed E-state index contributed by atoms with van der Waals surface area (Å²) in [4.78, 5) is 14.3. The van der Waals surface area contributed by atoms with E-state index in [2.05, 4.69) is 16.8 Å². The van der Waals surface area contributed by atoms with Gasteiger partial charge in [0, 0.05) is 26.2 Å². The zero-order valence-corrected chi connectivity index (χ0v) is 15.9. The first kappa shape index (κ1) is 18.9. The molecule has 1 aromatic rings. The van der Waals surface area contributed by atoms with E-state index in [9.17, 15) is 13.2 Å². The van der Waals surface area contributed by atoms with Gasteiger partial charge < -0.3 is 10.2 Å². The largest absolute Gasteiger partial charge is 0.370 e. The highest BCUT2D eigenvalue weighted by atomic mass is 32.2. The zero-order chi connectivity index (χ0) is 18.6. The minimum absolute atomic E-state index is 0.236. The number of nitrogens with one attached hydrogen (secondary N) is 1. The Morgan fingerprint density at radius 1 is 1.00 bits per heavy atom. The molecule has 0 unspecified atom stereocenters. The van der Waals surface area contributed by atoms with E-state index in [1.807, 2.05) is 6.07 Å². The van der Waals surface area contributed by atoms with Gasteiger partial charge in [-0.3, -0.25) is 4.79 Å². The van der Waals surface area contributed by atoms with Crippen molar-refractivity contribution in [2.45, 2.75) is 43.4 Å². The van der Waals surface area contributed by atoms with Crippen molar-refractivity contribution in [2.24, 2.45) is 0 Å². The van der Waals surface area contributed by atoms with Crippen LogP contribution in [-0.2, 0) is 14.8 Å². The van der Waals surface area contributed by atoms with E-state index < -0.39 is 10.0 Å². The number of carbonyl (C=O) groups excluding carboxylic acids is 1. The van der Waals surface area contributed by atoms with Crippen LogP contribution in [0.5, 0.6) is 0 Å². The Morgan fingerprint density at radius 3 is 2.23 bits per heavy atom. The molecule has 2 aliphatic heterocycles. The molecule has 0 bridgehead atoms. The van der Waals surface area contributed by atoms with Crippen molar-refractivity contribution in [1.29, 1.82) is 0 Å². The van der Waals surface area contributed by atoms with Crippen molar-refractivity contribution in [3.63, 3.8) is 0 Å². The maximum atomic E-state index is 13.0. The Balaban J connectivity index is 1.95. The van der Waals surface area contributed by atoms with Gasteiger partial charge in [0.1, 0.15) is 0 Å². The lowest BCUT2D eigenvalue weighted by molar-refractivity contribution is -0.111. The number of sulfonamides is 1. The zero-order valence-electron chi connectivity index (χ0n) is 15.1. The number of carbonyl (C=O) groups is 1. The molecule has 1 amide bonds. The quantitative estimate of drug-likeness (QED) is 0.801. The lowest BCUT2D eigenvalue weighted by atomic mass is 10.1. The molecule has 1 aromatic carbocycles. The van der Waals surface area contributed by atoms with Gasteiger partial charge in [-0.05, 0) is 56.4 Å². The molecule has 3 rings (SSSR count). The lowest BCUT2D eigenvalue weighted by Gasteiger charge is -2.31. The van der Waals surface area contributed by atoms with E-state index in [1.54, 1.807) is 16.4 Å². The van der Waals surface area contributed by atoms with Gasteiger partial charge in [-0.25, -0.2) is 8.42 Å². The average Bonchev–Trinajstić information content (AvgIpc) is 2.69. The Bertz CT molecular complexity index is 764. The van der Waals surface area contributed by atoms with Crippen LogP contribution in [0, 0.1) is 0 Å². The number of hydrogen-bond donors (Lipinski definition) is 1. The van der Waals surface area contributed by atoms with E-state index in [4.69, 9.17) is 0 Å². The standard InChI is InChI=1S/C19H27N3O3S/c1-2-19(23)20-17-15-16(26(24,25)22-13-7-4-8-14-22)9-10-18(17)21-11-5-3-6-12-21/h2,9-10,15H,1,3-8,11-14H2,(H,20,23). The minimum Gasteiger partial charge on any atom is -0.370 e. The molecular weight excluding hydrogens is 350 g/mol. The average molecular weight is 378 g/mol. The van der Waals surface area contributed by atoms with E-state index in [0.29, 0.717) is 18.8 Å². The first-order chi connectivity index (χ1) is 12.5. The monoisotopic (exact) mass is 377 g/mol. The van der Waals surface area contributed by atoms with E-state index in [1.165, 1.54) is 12.5 Å². The van der Waals surface area contributed by atoms with E-state index in [-0.39, 0.29) is 10.8 Å². The van der Waals surface area contributed by atoms with Crippen LogP contribution in [0.2, 0.25) is 0 Å². The van der Waals surface area contributed by atoms with Crippen LogP contribution in [0.15, 0.2) is 35.7 Å². The Hall–Kier alpha value is -1.86. The molecule has 2 aliphatic rings. The fourth-order valence-corrected chi connectivity index (χ4v) is 5.17. The predicted molar refractivity (Wildman–Crippen MR) is 104 cm³/mol. The van der Waals surface area contributed by atoms with Gasteiger partial charge in [0.15, 0.2) is 0 Å². The molecule has 0 spiro atoms. The molecule has 7 heteroatoms. The summed E-state index contributed by atoms with van der Waals surface area (Å²) in [7, 11) is -3.54. The van der Waals surface area contributed by atoms with Gasteiger partial charge in [0.25, 0.3) is 0 Å². The van der Waals surface area contributed by atoms with Gasteiger partial charge in [0.05, 0.1) is 16.3 Å². The highest BCUT2D eigenvalue weighted by Crippen LogP contribution is 2.32. The summed E-state index contributed by atoms with van der Waals surface area (Å²) in [5.41, 5.74) is 1.41. The first-order valence-electron chi connectivity index (χ1n) is 9.35. The third-order valence-electron chi connectivity index (χ3n) is 5.06. The van der Waals surface area contributed by atoms with Crippen molar-refractivity contribution in [1.82, 2.24) is 4.31 Å². The first-order valence-corrected chi connectivity index (χ1v) is 10.8. The highest BCUT2D eigenvalue weighted by molar-refractivity contribution is 7.89. The number of benzene rings is 1. The number of hydrogen-bond acceptors (Lipinski definition) is 4. The molecule has 26 heavy (non-hydrogen) atoms. The van der Waals surface area contributed by atoms with Gasteiger partial charge in [0.2, 0.25) is 15.9 Å². The van der Waals surface area contributed by atoms with Gasteiger partial charge >= 0.3 is 0 Å². The number of anilines is 2. The molecule has 0 atom stereocenters. The molecule has 0 aliphatic carbocycles. The minimum atomic E-state index is -3.54. The molecule has 142 valence electrons. The number of amides is 1. The van der Waals surface area contributed by atoms with Crippen molar-refractivity contribution >= 4 is 27.3 Å². The van der Waals surface area contributed by atoms with Crippen LogP contribution in [0.1, 0.15) is 38.5 Å². The van der Waals surface area contributed by atoms with Crippen molar-refractivity contribution < 1.29 is 13.2 Å². The lowest BCUT2D eigenvalue weighted by Crippen LogP contribution is -2.35. The van der Waals surface area contributed by atoms with Crippen LogP contribution in [0.25, 0.3) is 0 Å². The topological polar surface area (TPSA) is 69.7 Å². The van der Waals surface area contributed by atoms with Crippen LogP contribution in [0.4, 0.5) is 11.4 Å². The maximum absolute atomic E-state index is 13.0. The molecule has 1 N–H and O–H groups in total. The second kappa shape index (κ2) is 8.22. The van der Waals surface area contributed by atoms with Crippen LogP contribution < -0.4 is 10.2 Å². The summed E-state index contributed by atoms with van der Waals surface area (Å²) in [6, 6.07) is 5.08. The van der Waals surface area contributed by atoms with Crippen molar-refractivity contribution in [3.05, 3.63) is 30.9 Å². The summed E-state index contributed by atoms with van der Waals surface area (Å²) in [6.07, 6.45) is 7.46. The number of rotatable bonds is 5. The number of piperidine rings is 2.